The van der Waals surface area contributed by atoms with Gasteiger partial charge < -0.3 is 18.9 Å². The van der Waals surface area contributed by atoms with Crippen molar-refractivity contribution in [3.8, 4) is 130 Å². The summed E-state index contributed by atoms with van der Waals surface area (Å²) < 4.78 is 23.9. The van der Waals surface area contributed by atoms with Crippen LogP contribution in [-0.4, -0.2) is 26.4 Å². The second kappa shape index (κ2) is 26.6. The van der Waals surface area contributed by atoms with Gasteiger partial charge in [0.15, 0.2) is 0 Å². The summed E-state index contributed by atoms with van der Waals surface area (Å²) in [4.78, 5) is 0. The van der Waals surface area contributed by atoms with Crippen molar-refractivity contribution in [2.75, 3.05) is 26.4 Å². The molecule has 0 aromatic heterocycles. The Kier molecular flexibility index (Phi) is 18.3. The summed E-state index contributed by atoms with van der Waals surface area (Å²) >= 11 is 0. The summed E-state index contributed by atoms with van der Waals surface area (Å²) in [7, 11) is 0. The minimum absolute atomic E-state index is 0.282. The first-order valence-corrected chi connectivity index (χ1v) is 25.3. The van der Waals surface area contributed by atoms with Crippen LogP contribution in [0.5, 0.6) is 23.0 Å². The highest BCUT2D eigenvalue weighted by molar-refractivity contribution is 5.70. The smallest absolute Gasteiger partial charge is 0.149 e. The van der Waals surface area contributed by atoms with Gasteiger partial charge in [0.1, 0.15) is 60.3 Å². The summed E-state index contributed by atoms with van der Waals surface area (Å²) in [6, 6.07) is 65.0. The van der Waals surface area contributed by atoms with Crippen LogP contribution >= 0.6 is 0 Å². The van der Waals surface area contributed by atoms with Gasteiger partial charge in [0.05, 0.1) is 0 Å². The maximum absolute atomic E-state index is 5.98. The molecule has 0 aliphatic rings. The zero-order valence-electron chi connectivity index (χ0n) is 44.1. The molecule has 0 aliphatic carbocycles. The van der Waals surface area contributed by atoms with Crippen molar-refractivity contribution in [3.63, 3.8) is 0 Å². The molecule has 0 aliphatic heterocycles. The van der Waals surface area contributed by atoms with Crippen LogP contribution in [0, 0.1) is 95.7 Å². The Labute approximate surface area is 461 Å². The van der Waals surface area contributed by atoms with E-state index in [0.717, 1.165) is 66.8 Å². The van der Waals surface area contributed by atoms with Crippen molar-refractivity contribution in [2.45, 2.75) is 38.5 Å². The van der Waals surface area contributed by atoms with E-state index in [4.69, 9.17) is 31.8 Å². The zero-order valence-corrected chi connectivity index (χ0v) is 44.1. The van der Waals surface area contributed by atoms with Crippen molar-refractivity contribution < 1.29 is 18.9 Å². The Morgan fingerprint density at radius 2 is 0.564 bits per heavy atom. The molecule has 0 heterocycles. The molecule has 0 radical (unpaired) electrons. The molecule has 0 spiro atoms. The van der Waals surface area contributed by atoms with E-state index in [1.807, 2.05) is 97.1 Å². The van der Waals surface area contributed by atoms with E-state index < -0.39 is 10.8 Å². The van der Waals surface area contributed by atoms with Gasteiger partial charge in [-0.3, -0.25) is 0 Å². The quantitative estimate of drug-likeness (QED) is 0.0757. The summed E-state index contributed by atoms with van der Waals surface area (Å²) in [5.41, 5.74) is 8.78. The summed E-state index contributed by atoms with van der Waals surface area (Å²) in [5, 5.41) is 0. The lowest BCUT2D eigenvalue weighted by atomic mass is 9.69. The van der Waals surface area contributed by atoms with Crippen LogP contribution in [0.3, 0.4) is 0 Å². The van der Waals surface area contributed by atoms with Crippen LogP contribution in [0.4, 0.5) is 0 Å². The van der Waals surface area contributed by atoms with E-state index in [0.29, 0.717) is 23.0 Å². The lowest BCUT2D eigenvalue weighted by Gasteiger charge is -2.32. The van der Waals surface area contributed by atoms with Gasteiger partial charge in [-0.25, -0.2) is 0 Å². The molecule has 8 rings (SSSR count). The molecule has 4 nitrogen and oxygen atoms in total. The first-order chi connectivity index (χ1) is 38.3. The molecule has 0 N–H and O–H groups in total. The van der Waals surface area contributed by atoms with Crippen molar-refractivity contribution >= 4 is 0 Å². The monoisotopic (exact) mass is 1010 g/mol. The molecular formula is C74H54O4. The molecule has 78 heavy (non-hydrogen) atoms. The van der Waals surface area contributed by atoms with E-state index in [1.165, 1.54) is 0 Å². The van der Waals surface area contributed by atoms with Crippen LogP contribution in [-0.2, 0) is 10.8 Å². The molecule has 8 aromatic rings. The van der Waals surface area contributed by atoms with Crippen molar-refractivity contribution in [1.29, 1.82) is 0 Å². The SMILES string of the molecule is C#Cc1cccc(C#CC(c2ccc(OCC#CC)cc2)(c2ccc(OCC#CC)cc2)c2ccc(-c3ccc(C(C#Cc4cccc(C#C)c4)(c4ccc(OCC#CC)cc4)c4ccc(OCC#CC)cc4)cc3)cc2)c1. The van der Waals surface area contributed by atoms with Gasteiger partial charge in [0, 0.05) is 22.3 Å². The Balaban J connectivity index is 1.27. The normalized spacial score (nSPS) is 10.1. The Hall–Kier alpha value is -10.6. The van der Waals surface area contributed by atoms with Gasteiger partial charge in [-0.1, -0.05) is 168 Å². The van der Waals surface area contributed by atoms with Gasteiger partial charge in [-0.15, -0.1) is 36.5 Å². The number of ether oxygens (including phenoxy) is 4. The third kappa shape index (κ3) is 12.8. The Morgan fingerprint density at radius 3 is 0.808 bits per heavy atom. The topological polar surface area (TPSA) is 36.9 Å². The lowest BCUT2D eigenvalue weighted by Crippen LogP contribution is -2.28. The number of hydrogen-bond acceptors (Lipinski definition) is 4. The Morgan fingerprint density at radius 1 is 0.321 bits per heavy atom. The summed E-state index contributed by atoms with van der Waals surface area (Å²) in [6.45, 7) is 8.31. The molecule has 374 valence electrons. The fraction of sp³-hybridized carbons (Fsp3) is 0.135. The van der Waals surface area contributed by atoms with E-state index in [9.17, 15) is 0 Å². The van der Waals surface area contributed by atoms with Crippen molar-refractivity contribution in [2.24, 2.45) is 0 Å². The third-order valence-electron chi connectivity index (χ3n) is 12.9. The van der Waals surface area contributed by atoms with Crippen molar-refractivity contribution in [1.82, 2.24) is 0 Å². The predicted molar refractivity (Wildman–Crippen MR) is 316 cm³/mol. The Bertz CT molecular complexity index is 3460. The van der Waals surface area contributed by atoms with Crippen molar-refractivity contribution in [3.05, 3.63) is 250 Å². The average Bonchev–Trinajstić information content (AvgIpc) is 3.63. The molecule has 0 amide bonds. The van der Waals surface area contributed by atoms with E-state index in [1.54, 1.807) is 27.7 Å². The van der Waals surface area contributed by atoms with Gasteiger partial charge in [0.25, 0.3) is 0 Å². The number of rotatable bonds is 15. The first-order valence-electron chi connectivity index (χ1n) is 25.3. The molecule has 0 fully saturated rings. The molecule has 0 bridgehead atoms. The highest BCUT2D eigenvalue weighted by Gasteiger charge is 2.37. The van der Waals surface area contributed by atoms with Crippen LogP contribution in [0.2, 0.25) is 0 Å². The van der Waals surface area contributed by atoms with Gasteiger partial charge >= 0.3 is 0 Å². The van der Waals surface area contributed by atoms with E-state index >= 15 is 0 Å². The molecule has 0 atom stereocenters. The predicted octanol–water partition coefficient (Wildman–Crippen LogP) is 13.7. The van der Waals surface area contributed by atoms with Gasteiger partial charge in [-0.2, -0.15) is 0 Å². The van der Waals surface area contributed by atoms with E-state index in [-0.39, 0.29) is 26.4 Å². The number of benzene rings is 8. The maximum Gasteiger partial charge on any atom is 0.149 e. The van der Waals surface area contributed by atoms with Crippen LogP contribution in [0.25, 0.3) is 11.1 Å². The molecule has 4 heteroatoms. The number of hydrogen-bond donors (Lipinski definition) is 0. The molecule has 0 unspecified atom stereocenters. The number of terminal acetylenes is 2. The van der Waals surface area contributed by atoms with Crippen LogP contribution in [0.15, 0.2) is 194 Å². The average molecular weight is 1010 g/mol. The third-order valence-corrected chi connectivity index (χ3v) is 12.9. The maximum atomic E-state index is 5.98. The molecular weight excluding hydrogens is 953 g/mol. The zero-order chi connectivity index (χ0) is 54.4. The van der Waals surface area contributed by atoms with E-state index in [2.05, 4.69) is 180 Å². The molecule has 0 saturated heterocycles. The van der Waals surface area contributed by atoms with Crippen LogP contribution in [0.1, 0.15) is 83.3 Å². The minimum atomic E-state index is -0.982. The lowest BCUT2D eigenvalue weighted by molar-refractivity contribution is 0.369. The highest BCUT2D eigenvalue weighted by Crippen LogP contribution is 2.43. The largest absolute Gasteiger partial charge is 0.481 e. The van der Waals surface area contributed by atoms with Gasteiger partial charge in [0.2, 0.25) is 0 Å². The van der Waals surface area contributed by atoms with Crippen LogP contribution < -0.4 is 18.9 Å². The second-order valence-electron chi connectivity index (χ2n) is 17.6. The highest BCUT2D eigenvalue weighted by atomic mass is 16.5. The fourth-order valence-corrected chi connectivity index (χ4v) is 8.93. The standard InChI is InChI=1S/C74H54O4/c1-7-13-51-75-69-39-31-65(32-40-69)73(49-47-59-21-17-19-57(11-5)55-59,66-33-41-70(42-34-66)76-52-14-8-2)63-27-23-61(24-28-63)62-25-29-64(30-26-62)74(50-48-60-22-18-20-58(12-6)56-60,67-35-43-71(44-36-67)77-53-15-9-3)68-37-45-72(46-38-68)78-54-16-10-4/h5-6,17-46,55-56H,51-54H2,1-4H3. The second-order valence-corrected chi connectivity index (χ2v) is 17.6. The summed E-state index contributed by atoms with van der Waals surface area (Å²) in [6.07, 6.45) is 11.7. The molecule has 8 aromatic carbocycles. The minimum Gasteiger partial charge on any atom is -0.481 e. The molecule has 0 saturated carbocycles. The van der Waals surface area contributed by atoms with Gasteiger partial charge in [-0.05, 0) is 157 Å². The summed E-state index contributed by atoms with van der Waals surface area (Å²) in [5.74, 6) is 46.5. The fourth-order valence-electron chi connectivity index (χ4n) is 8.93. The first kappa shape index (κ1) is 53.7.